The second-order valence-electron chi connectivity index (χ2n) is 3.39. The lowest BCUT2D eigenvalue weighted by atomic mass is 9.86. The molecule has 0 aliphatic carbocycles. The summed E-state index contributed by atoms with van der Waals surface area (Å²) in [6, 6.07) is 0.273. The van der Waals surface area contributed by atoms with Gasteiger partial charge in [0.25, 0.3) is 0 Å². The molecule has 12 heavy (non-hydrogen) atoms. The molecule has 1 saturated heterocycles. The van der Waals surface area contributed by atoms with Crippen LogP contribution in [0.2, 0.25) is 0 Å². The van der Waals surface area contributed by atoms with Crippen molar-refractivity contribution in [1.29, 1.82) is 0 Å². The molecule has 70 valence electrons. The zero-order valence-corrected chi connectivity index (χ0v) is 8.24. The van der Waals surface area contributed by atoms with Gasteiger partial charge in [-0.15, -0.1) is 0 Å². The zero-order chi connectivity index (χ0) is 9.14. The minimum absolute atomic E-state index is 0.102. The van der Waals surface area contributed by atoms with Gasteiger partial charge in [0.2, 0.25) is 0 Å². The van der Waals surface area contributed by atoms with Crippen LogP contribution in [0.4, 0.5) is 0 Å². The molecule has 1 aliphatic heterocycles. The zero-order valence-electron chi connectivity index (χ0n) is 8.24. The number of methoxy groups -OCH3 is 2. The lowest BCUT2D eigenvalue weighted by molar-refractivity contribution is -0.0335. The van der Waals surface area contributed by atoms with Crippen LogP contribution in [0.1, 0.15) is 6.92 Å². The first-order valence-electron chi connectivity index (χ1n) is 4.38. The van der Waals surface area contributed by atoms with Crippen LogP contribution in [0.15, 0.2) is 0 Å². The van der Waals surface area contributed by atoms with Crippen LogP contribution < -0.4 is 0 Å². The molecule has 3 nitrogen and oxygen atoms in total. The molecule has 1 rings (SSSR count). The lowest BCUT2D eigenvalue weighted by Crippen LogP contribution is -2.31. The van der Waals surface area contributed by atoms with Crippen LogP contribution in [-0.2, 0) is 14.2 Å². The van der Waals surface area contributed by atoms with Gasteiger partial charge in [0.05, 0.1) is 12.7 Å². The Hall–Kier alpha value is -0.0551. The van der Waals surface area contributed by atoms with E-state index in [4.69, 9.17) is 14.2 Å². The Morgan fingerprint density at radius 3 is 2.58 bits per heavy atom. The fourth-order valence-electron chi connectivity index (χ4n) is 1.75. The molecule has 0 aromatic carbocycles. The van der Waals surface area contributed by atoms with Gasteiger partial charge >= 0.3 is 0 Å². The molecular formula is C8H17BO3. The molecule has 4 atom stereocenters. The second kappa shape index (κ2) is 4.26. The summed E-state index contributed by atoms with van der Waals surface area (Å²) >= 11 is 0. The summed E-state index contributed by atoms with van der Waals surface area (Å²) in [4.78, 5) is 0. The Labute approximate surface area is 74.8 Å². The standard InChI is InChI=1S/C8H17BO3/c1-5-7(11-3)6(4-10-2)12-8(5)9/h5-8H,4,9H2,1-3H3. The van der Waals surface area contributed by atoms with Gasteiger partial charge in [-0.05, 0) is 0 Å². The number of hydrogen-bond donors (Lipinski definition) is 0. The monoisotopic (exact) mass is 172 g/mol. The molecular weight excluding hydrogens is 155 g/mol. The largest absolute Gasteiger partial charge is 0.382 e. The van der Waals surface area contributed by atoms with E-state index < -0.39 is 0 Å². The third-order valence-corrected chi connectivity index (χ3v) is 2.62. The third-order valence-electron chi connectivity index (χ3n) is 2.62. The average molecular weight is 172 g/mol. The molecule has 1 fully saturated rings. The fraction of sp³-hybridized carbons (Fsp3) is 1.00. The summed E-state index contributed by atoms with van der Waals surface area (Å²) in [7, 11) is 5.49. The summed E-state index contributed by atoms with van der Waals surface area (Å²) in [6.45, 7) is 2.77. The van der Waals surface area contributed by atoms with E-state index in [0.29, 0.717) is 12.5 Å². The first kappa shape index (κ1) is 10.0. The summed E-state index contributed by atoms with van der Waals surface area (Å²) in [5.74, 6) is 0.454. The van der Waals surface area contributed by atoms with Gasteiger partial charge in [0.1, 0.15) is 14.0 Å². The molecule has 0 amide bonds. The highest BCUT2D eigenvalue weighted by Crippen LogP contribution is 2.27. The molecule has 4 unspecified atom stereocenters. The smallest absolute Gasteiger partial charge is 0.139 e. The van der Waals surface area contributed by atoms with E-state index in [0.717, 1.165) is 0 Å². The van der Waals surface area contributed by atoms with Crippen molar-refractivity contribution in [3.63, 3.8) is 0 Å². The second-order valence-corrected chi connectivity index (χ2v) is 3.39. The highest BCUT2D eigenvalue weighted by Gasteiger charge is 2.39. The molecule has 0 aromatic rings. The summed E-state index contributed by atoms with van der Waals surface area (Å²) in [6.07, 6.45) is 0.282. The van der Waals surface area contributed by atoms with E-state index in [1.165, 1.54) is 0 Å². The van der Waals surface area contributed by atoms with Gasteiger partial charge < -0.3 is 14.2 Å². The van der Waals surface area contributed by atoms with Crippen LogP contribution in [0, 0.1) is 5.92 Å². The van der Waals surface area contributed by atoms with Crippen molar-refractivity contribution >= 4 is 7.85 Å². The molecule has 0 N–H and O–H groups in total. The molecule has 1 heterocycles. The summed E-state index contributed by atoms with van der Waals surface area (Å²) < 4.78 is 16.1. The Morgan fingerprint density at radius 2 is 2.08 bits per heavy atom. The summed E-state index contributed by atoms with van der Waals surface area (Å²) in [5.41, 5.74) is 0. The highest BCUT2D eigenvalue weighted by atomic mass is 16.6. The van der Waals surface area contributed by atoms with Crippen LogP contribution in [0.25, 0.3) is 0 Å². The first-order chi connectivity index (χ1) is 5.70. The van der Waals surface area contributed by atoms with Gasteiger partial charge in [-0.25, -0.2) is 0 Å². The SMILES string of the molecule is BC1OC(COC)C(OC)C1C. The lowest BCUT2D eigenvalue weighted by Gasteiger charge is -2.18. The topological polar surface area (TPSA) is 27.7 Å². The van der Waals surface area contributed by atoms with E-state index in [2.05, 4.69) is 14.8 Å². The van der Waals surface area contributed by atoms with E-state index in [1.54, 1.807) is 14.2 Å². The Kier molecular flexibility index (Phi) is 3.56. The van der Waals surface area contributed by atoms with Crippen molar-refractivity contribution in [3.05, 3.63) is 0 Å². The van der Waals surface area contributed by atoms with Crippen molar-refractivity contribution in [3.8, 4) is 0 Å². The molecule has 0 radical (unpaired) electrons. The predicted octanol–water partition coefficient (Wildman–Crippen LogP) is -0.358. The van der Waals surface area contributed by atoms with E-state index in [1.807, 2.05) is 0 Å². The van der Waals surface area contributed by atoms with Crippen LogP contribution in [-0.4, -0.2) is 46.9 Å². The maximum atomic E-state index is 5.67. The van der Waals surface area contributed by atoms with E-state index in [9.17, 15) is 0 Å². The number of hydrogen-bond acceptors (Lipinski definition) is 3. The average Bonchev–Trinajstić information content (AvgIpc) is 2.29. The Morgan fingerprint density at radius 1 is 1.42 bits per heavy atom. The van der Waals surface area contributed by atoms with E-state index in [-0.39, 0.29) is 18.2 Å². The number of rotatable bonds is 3. The van der Waals surface area contributed by atoms with E-state index >= 15 is 0 Å². The molecule has 0 aromatic heterocycles. The van der Waals surface area contributed by atoms with Crippen molar-refractivity contribution in [2.75, 3.05) is 20.8 Å². The first-order valence-corrected chi connectivity index (χ1v) is 4.38. The van der Waals surface area contributed by atoms with Gasteiger partial charge in [-0.3, -0.25) is 0 Å². The quantitative estimate of drug-likeness (QED) is 0.544. The minimum Gasteiger partial charge on any atom is -0.382 e. The van der Waals surface area contributed by atoms with Crippen molar-refractivity contribution in [2.45, 2.75) is 25.1 Å². The molecule has 0 bridgehead atoms. The fourth-order valence-corrected chi connectivity index (χ4v) is 1.75. The molecule has 4 heteroatoms. The van der Waals surface area contributed by atoms with Crippen LogP contribution in [0.5, 0.6) is 0 Å². The predicted molar refractivity (Wildman–Crippen MR) is 49.0 cm³/mol. The third kappa shape index (κ3) is 1.81. The minimum atomic E-state index is 0.102. The Bertz CT molecular complexity index is 142. The molecule has 1 aliphatic rings. The van der Waals surface area contributed by atoms with Crippen LogP contribution in [0.3, 0.4) is 0 Å². The Balaban J connectivity index is 2.52. The van der Waals surface area contributed by atoms with Gasteiger partial charge in [-0.2, -0.15) is 0 Å². The molecule has 0 saturated carbocycles. The van der Waals surface area contributed by atoms with Crippen molar-refractivity contribution < 1.29 is 14.2 Å². The van der Waals surface area contributed by atoms with Gasteiger partial charge in [0, 0.05) is 26.1 Å². The molecule has 0 spiro atoms. The van der Waals surface area contributed by atoms with Gasteiger partial charge in [-0.1, -0.05) is 6.92 Å². The highest BCUT2D eigenvalue weighted by molar-refractivity contribution is 6.11. The summed E-state index contributed by atoms with van der Waals surface area (Å²) in [5, 5.41) is 0. The van der Waals surface area contributed by atoms with Gasteiger partial charge in [0.15, 0.2) is 0 Å². The van der Waals surface area contributed by atoms with Crippen LogP contribution >= 0.6 is 0 Å². The normalized spacial score (nSPS) is 41.9. The maximum absolute atomic E-state index is 5.67. The maximum Gasteiger partial charge on any atom is 0.139 e. The number of ether oxygens (including phenoxy) is 3. The van der Waals surface area contributed by atoms with Crippen molar-refractivity contribution in [1.82, 2.24) is 0 Å². The van der Waals surface area contributed by atoms with Crippen molar-refractivity contribution in [2.24, 2.45) is 5.92 Å².